The Morgan fingerprint density at radius 2 is 1.77 bits per heavy atom. The molecule has 0 aromatic heterocycles. The van der Waals surface area contributed by atoms with Gasteiger partial charge in [-0.05, 0) is 49.1 Å². The minimum Gasteiger partial charge on any atom is -0.352 e. The van der Waals surface area contributed by atoms with E-state index in [2.05, 4.69) is 5.32 Å². The molecule has 2 atom stereocenters. The normalized spacial score (nSPS) is 12.8. The molecule has 7 heteroatoms. The molecule has 0 fully saturated rings. The molecule has 2 amide bonds. The number of nitrogens with zero attached hydrogens (tertiary/aromatic N) is 1. The second-order valence-electron chi connectivity index (χ2n) is 7.47. The zero-order chi connectivity index (χ0) is 22.8. The van der Waals surface area contributed by atoms with Crippen LogP contribution in [0.3, 0.4) is 0 Å². The van der Waals surface area contributed by atoms with E-state index >= 15 is 0 Å². The van der Waals surface area contributed by atoms with Crippen molar-refractivity contribution in [3.8, 4) is 0 Å². The number of amides is 2. The predicted molar refractivity (Wildman–Crippen MR) is 127 cm³/mol. The highest BCUT2D eigenvalue weighted by Gasteiger charge is 2.29. The van der Waals surface area contributed by atoms with Gasteiger partial charge in [-0.3, -0.25) is 9.59 Å². The fraction of sp³-hybridized carbons (Fsp3) is 0.417. The number of carbonyl (C=O) groups excluding carboxylic acids is 2. The summed E-state index contributed by atoms with van der Waals surface area (Å²) < 4.78 is 13.1. The Kier molecular flexibility index (Phi) is 10.3. The Hall–Kier alpha value is -2.05. The molecule has 0 radical (unpaired) electrons. The molecule has 0 spiro atoms. The minimum absolute atomic E-state index is 0.0340. The molecule has 168 valence electrons. The van der Waals surface area contributed by atoms with Crippen molar-refractivity contribution in [3.05, 3.63) is 70.5 Å². The number of rotatable bonds is 11. The average molecular weight is 465 g/mol. The molecular weight excluding hydrogens is 435 g/mol. The highest BCUT2D eigenvalue weighted by Crippen LogP contribution is 2.21. The number of carbonyl (C=O) groups is 2. The van der Waals surface area contributed by atoms with Crippen LogP contribution in [0, 0.1) is 5.82 Å². The van der Waals surface area contributed by atoms with E-state index in [1.54, 1.807) is 23.1 Å². The van der Waals surface area contributed by atoms with Gasteiger partial charge in [-0.15, -0.1) is 11.8 Å². The van der Waals surface area contributed by atoms with Crippen molar-refractivity contribution in [2.45, 2.75) is 58.0 Å². The molecule has 0 saturated heterocycles. The molecule has 2 rings (SSSR count). The van der Waals surface area contributed by atoms with Crippen LogP contribution in [-0.2, 0) is 21.9 Å². The van der Waals surface area contributed by atoms with E-state index in [0.717, 1.165) is 17.5 Å². The molecule has 0 aliphatic carbocycles. The van der Waals surface area contributed by atoms with Crippen molar-refractivity contribution in [1.82, 2.24) is 10.2 Å². The van der Waals surface area contributed by atoms with Crippen LogP contribution in [0.4, 0.5) is 4.39 Å². The van der Waals surface area contributed by atoms with Gasteiger partial charge in [0.1, 0.15) is 11.9 Å². The number of thioether (sulfide) groups is 1. The second kappa shape index (κ2) is 12.7. The molecule has 2 aromatic carbocycles. The molecule has 31 heavy (non-hydrogen) atoms. The molecule has 0 aliphatic heterocycles. The zero-order valence-electron chi connectivity index (χ0n) is 18.2. The van der Waals surface area contributed by atoms with Gasteiger partial charge in [0.2, 0.25) is 11.8 Å². The Bertz CT molecular complexity index is 863. The van der Waals surface area contributed by atoms with Gasteiger partial charge in [-0.2, -0.15) is 0 Å². The van der Waals surface area contributed by atoms with Crippen molar-refractivity contribution in [2.24, 2.45) is 0 Å². The lowest BCUT2D eigenvalue weighted by Gasteiger charge is -2.31. The first-order valence-electron chi connectivity index (χ1n) is 10.5. The van der Waals surface area contributed by atoms with Gasteiger partial charge in [-0.1, -0.05) is 55.8 Å². The maximum Gasteiger partial charge on any atom is 0.243 e. The fourth-order valence-electron chi connectivity index (χ4n) is 3.09. The number of nitrogens with one attached hydrogen (secondary N) is 1. The molecule has 2 aromatic rings. The summed E-state index contributed by atoms with van der Waals surface area (Å²) >= 11 is 7.77. The van der Waals surface area contributed by atoms with Crippen LogP contribution in [0.2, 0.25) is 5.02 Å². The van der Waals surface area contributed by atoms with E-state index in [1.165, 1.54) is 23.9 Å². The molecular formula is C24H30ClFN2O2S. The number of halogens is 2. The number of hydrogen-bond donors (Lipinski definition) is 1. The molecule has 4 nitrogen and oxygen atoms in total. The fourth-order valence-corrected chi connectivity index (χ4v) is 4.16. The quantitative estimate of drug-likeness (QED) is 0.482. The van der Waals surface area contributed by atoms with Crippen LogP contribution >= 0.6 is 23.4 Å². The van der Waals surface area contributed by atoms with Gasteiger partial charge in [-0.25, -0.2) is 4.39 Å². The third-order valence-corrected chi connectivity index (χ3v) is 6.45. The van der Waals surface area contributed by atoms with Crippen molar-refractivity contribution in [1.29, 1.82) is 0 Å². The van der Waals surface area contributed by atoms with Gasteiger partial charge < -0.3 is 10.2 Å². The molecule has 1 N–H and O–H groups in total. The third-order valence-electron chi connectivity index (χ3n) is 5.09. The summed E-state index contributed by atoms with van der Waals surface area (Å²) in [6.07, 6.45) is 1.31. The first kappa shape index (κ1) is 25.2. The van der Waals surface area contributed by atoms with Crippen molar-refractivity contribution < 1.29 is 14.0 Å². The number of hydrogen-bond acceptors (Lipinski definition) is 3. The highest BCUT2D eigenvalue weighted by atomic mass is 35.5. The van der Waals surface area contributed by atoms with Gasteiger partial charge in [0.25, 0.3) is 0 Å². The van der Waals surface area contributed by atoms with Crippen LogP contribution in [0.1, 0.15) is 44.7 Å². The van der Waals surface area contributed by atoms with Gasteiger partial charge in [0.05, 0.1) is 5.75 Å². The van der Waals surface area contributed by atoms with Crippen molar-refractivity contribution in [3.63, 3.8) is 0 Å². The molecule has 0 saturated carbocycles. The number of benzene rings is 2. The average Bonchev–Trinajstić information content (AvgIpc) is 2.76. The van der Waals surface area contributed by atoms with Crippen LogP contribution in [0.5, 0.6) is 0 Å². The first-order valence-corrected chi connectivity index (χ1v) is 12.0. The molecule has 0 unspecified atom stereocenters. The van der Waals surface area contributed by atoms with Crippen LogP contribution in [0.15, 0.2) is 48.5 Å². The van der Waals surface area contributed by atoms with E-state index in [4.69, 9.17) is 11.6 Å². The lowest BCUT2D eigenvalue weighted by Crippen LogP contribution is -2.51. The van der Waals surface area contributed by atoms with E-state index in [1.807, 2.05) is 39.0 Å². The van der Waals surface area contributed by atoms with E-state index < -0.39 is 6.04 Å². The van der Waals surface area contributed by atoms with Crippen LogP contribution < -0.4 is 5.32 Å². The Morgan fingerprint density at radius 3 is 2.39 bits per heavy atom. The van der Waals surface area contributed by atoms with Crippen LogP contribution in [0.25, 0.3) is 0 Å². The monoisotopic (exact) mass is 464 g/mol. The van der Waals surface area contributed by atoms with Gasteiger partial charge >= 0.3 is 0 Å². The topological polar surface area (TPSA) is 49.4 Å². The summed E-state index contributed by atoms with van der Waals surface area (Å²) in [5.74, 6) is 0.240. The summed E-state index contributed by atoms with van der Waals surface area (Å²) in [5.41, 5.74) is 1.74. The summed E-state index contributed by atoms with van der Waals surface area (Å²) in [7, 11) is 0. The highest BCUT2D eigenvalue weighted by molar-refractivity contribution is 7.99. The van der Waals surface area contributed by atoms with Crippen molar-refractivity contribution in [2.75, 3.05) is 5.75 Å². The van der Waals surface area contributed by atoms with Crippen molar-refractivity contribution >= 4 is 35.2 Å². The maximum atomic E-state index is 13.2. The molecule has 0 heterocycles. The molecule has 0 aliphatic rings. The standard InChI is InChI=1S/C24H30ClFN2O2S/c1-4-17(3)27-24(30)22(5-2)28(14-19-8-6-7-9-21(19)25)23(29)16-31-15-18-10-12-20(26)13-11-18/h6-13,17,22H,4-5,14-16H2,1-3H3,(H,27,30)/t17-,22+/m0/s1. The van der Waals surface area contributed by atoms with Crippen LogP contribution in [-0.4, -0.2) is 34.6 Å². The van der Waals surface area contributed by atoms with Gasteiger partial charge in [0.15, 0.2) is 0 Å². The second-order valence-corrected chi connectivity index (χ2v) is 8.87. The summed E-state index contributed by atoms with van der Waals surface area (Å²) in [5, 5.41) is 3.56. The Balaban J connectivity index is 2.14. The summed E-state index contributed by atoms with van der Waals surface area (Å²) in [6.45, 7) is 6.12. The smallest absolute Gasteiger partial charge is 0.243 e. The van der Waals surface area contributed by atoms with E-state index in [0.29, 0.717) is 17.2 Å². The predicted octanol–water partition coefficient (Wildman–Crippen LogP) is 5.43. The first-order chi connectivity index (χ1) is 14.8. The summed E-state index contributed by atoms with van der Waals surface area (Å²) in [6, 6.07) is 13.1. The SMILES string of the molecule is CC[C@H](C(=O)N[C@@H](C)CC)N(Cc1ccccc1Cl)C(=O)CSCc1ccc(F)cc1. The Morgan fingerprint density at radius 1 is 1.10 bits per heavy atom. The Labute approximate surface area is 193 Å². The van der Waals surface area contributed by atoms with E-state index in [-0.39, 0.29) is 36.0 Å². The lowest BCUT2D eigenvalue weighted by molar-refractivity contribution is -0.139. The summed E-state index contributed by atoms with van der Waals surface area (Å²) in [4.78, 5) is 27.7. The largest absolute Gasteiger partial charge is 0.352 e. The maximum absolute atomic E-state index is 13.2. The minimum atomic E-state index is -0.579. The lowest BCUT2D eigenvalue weighted by atomic mass is 10.1. The van der Waals surface area contributed by atoms with Gasteiger partial charge in [0, 0.05) is 23.4 Å². The zero-order valence-corrected chi connectivity index (χ0v) is 19.8. The molecule has 0 bridgehead atoms. The van der Waals surface area contributed by atoms with E-state index in [9.17, 15) is 14.0 Å². The third kappa shape index (κ3) is 7.86.